The van der Waals surface area contributed by atoms with Crippen LogP contribution in [-0.2, 0) is 9.53 Å². The molecule has 1 heterocycles. The maximum atomic E-state index is 12.9. The standard InChI is InChI=1S/C9H14F3NO2/c1-15-9(14)6-2-4-13(5-3-6)8(12)7(10)11/h6-8H,2-5H2,1H3. The molecule has 3 nitrogen and oxygen atoms in total. The molecule has 0 amide bonds. The second kappa shape index (κ2) is 5.34. The van der Waals surface area contributed by atoms with Crippen LogP contribution in [0.5, 0.6) is 0 Å². The SMILES string of the molecule is COC(=O)C1CCN(C(F)C(F)F)CC1. The molecule has 1 saturated heterocycles. The molecule has 0 aromatic rings. The van der Waals surface area contributed by atoms with E-state index in [9.17, 15) is 18.0 Å². The molecule has 0 radical (unpaired) electrons. The first-order chi connectivity index (χ1) is 7.06. The number of halogens is 3. The van der Waals surface area contributed by atoms with Crippen LogP contribution in [0.4, 0.5) is 13.2 Å². The second-order valence-corrected chi connectivity index (χ2v) is 3.54. The summed E-state index contributed by atoms with van der Waals surface area (Å²) in [6.07, 6.45) is -4.46. The number of nitrogens with zero attached hydrogens (tertiary/aromatic N) is 1. The Balaban J connectivity index is 2.39. The number of rotatable bonds is 3. The van der Waals surface area contributed by atoms with Crippen molar-refractivity contribution in [3.63, 3.8) is 0 Å². The maximum Gasteiger partial charge on any atom is 0.308 e. The molecule has 6 heteroatoms. The number of alkyl halides is 3. The molecule has 88 valence electrons. The van der Waals surface area contributed by atoms with E-state index in [0.29, 0.717) is 12.8 Å². The van der Waals surface area contributed by atoms with Crippen LogP contribution >= 0.6 is 0 Å². The van der Waals surface area contributed by atoms with Crippen molar-refractivity contribution in [2.75, 3.05) is 20.2 Å². The highest BCUT2D eigenvalue weighted by Gasteiger charge is 2.33. The van der Waals surface area contributed by atoms with E-state index in [4.69, 9.17) is 0 Å². The fraction of sp³-hybridized carbons (Fsp3) is 0.889. The summed E-state index contributed by atoms with van der Waals surface area (Å²) in [4.78, 5) is 12.2. The van der Waals surface area contributed by atoms with Crippen molar-refractivity contribution >= 4 is 5.97 Å². The lowest BCUT2D eigenvalue weighted by Gasteiger charge is -2.32. The highest BCUT2D eigenvalue weighted by Crippen LogP contribution is 2.22. The third kappa shape index (κ3) is 3.09. The summed E-state index contributed by atoms with van der Waals surface area (Å²) >= 11 is 0. The summed E-state index contributed by atoms with van der Waals surface area (Å²) in [5, 5.41) is 0. The monoisotopic (exact) mass is 225 g/mol. The average molecular weight is 225 g/mol. The molecule has 1 unspecified atom stereocenters. The van der Waals surface area contributed by atoms with Gasteiger partial charge < -0.3 is 4.74 Å². The summed E-state index contributed by atoms with van der Waals surface area (Å²) < 4.78 is 41.5. The number of carbonyl (C=O) groups is 1. The molecule has 0 aliphatic carbocycles. The van der Waals surface area contributed by atoms with Crippen molar-refractivity contribution < 1.29 is 22.7 Å². The van der Waals surface area contributed by atoms with E-state index in [-0.39, 0.29) is 25.0 Å². The Hall–Kier alpha value is -0.780. The zero-order valence-corrected chi connectivity index (χ0v) is 8.46. The molecule has 0 saturated carbocycles. The predicted octanol–water partition coefficient (Wildman–Crippen LogP) is 1.43. The quantitative estimate of drug-likeness (QED) is 0.537. The fourth-order valence-electron chi connectivity index (χ4n) is 1.71. The van der Waals surface area contributed by atoms with E-state index in [1.807, 2.05) is 0 Å². The number of ether oxygens (including phenoxy) is 1. The van der Waals surface area contributed by atoms with Crippen molar-refractivity contribution in [1.82, 2.24) is 4.90 Å². The Morgan fingerprint density at radius 2 is 1.87 bits per heavy atom. The van der Waals surface area contributed by atoms with E-state index < -0.39 is 12.7 Å². The van der Waals surface area contributed by atoms with Crippen LogP contribution in [0.2, 0.25) is 0 Å². The number of carbonyl (C=O) groups excluding carboxylic acids is 1. The molecule has 0 aromatic heterocycles. The van der Waals surface area contributed by atoms with Crippen molar-refractivity contribution in [2.24, 2.45) is 5.92 Å². The zero-order valence-electron chi connectivity index (χ0n) is 8.46. The molecule has 0 N–H and O–H groups in total. The molecular weight excluding hydrogens is 211 g/mol. The highest BCUT2D eigenvalue weighted by molar-refractivity contribution is 5.72. The molecule has 15 heavy (non-hydrogen) atoms. The molecule has 1 fully saturated rings. The maximum absolute atomic E-state index is 12.9. The van der Waals surface area contributed by atoms with Crippen LogP contribution in [0.3, 0.4) is 0 Å². The number of likely N-dealkylation sites (tertiary alicyclic amines) is 1. The van der Waals surface area contributed by atoms with Gasteiger partial charge in [-0.05, 0) is 12.8 Å². The lowest BCUT2D eigenvalue weighted by Crippen LogP contribution is -2.44. The van der Waals surface area contributed by atoms with Crippen molar-refractivity contribution in [2.45, 2.75) is 25.6 Å². The Bertz CT molecular complexity index is 217. The summed E-state index contributed by atoms with van der Waals surface area (Å²) in [6, 6.07) is 0. The van der Waals surface area contributed by atoms with E-state index in [0.717, 1.165) is 4.90 Å². The van der Waals surface area contributed by atoms with Gasteiger partial charge in [0.05, 0.1) is 13.0 Å². The number of esters is 1. The van der Waals surface area contributed by atoms with Gasteiger partial charge in [0.2, 0.25) is 6.30 Å². The molecule has 0 aromatic carbocycles. The molecular formula is C9H14F3NO2. The topological polar surface area (TPSA) is 29.5 Å². The van der Waals surface area contributed by atoms with E-state index >= 15 is 0 Å². The number of hydrogen-bond donors (Lipinski definition) is 0. The number of piperidine rings is 1. The molecule has 1 rings (SSSR count). The van der Waals surface area contributed by atoms with Gasteiger partial charge in [0.25, 0.3) is 6.43 Å². The van der Waals surface area contributed by atoms with E-state index in [1.165, 1.54) is 7.11 Å². The van der Waals surface area contributed by atoms with E-state index in [2.05, 4.69) is 4.74 Å². The minimum atomic E-state index is -2.99. The van der Waals surface area contributed by atoms with Crippen LogP contribution in [0.1, 0.15) is 12.8 Å². The average Bonchev–Trinajstić information content (AvgIpc) is 2.27. The molecule has 1 aliphatic heterocycles. The third-order valence-electron chi connectivity index (χ3n) is 2.62. The molecule has 1 atom stereocenters. The Morgan fingerprint density at radius 1 is 1.33 bits per heavy atom. The zero-order chi connectivity index (χ0) is 11.4. The smallest absolute Gasteiger partial charge is 0.308 e. The minimum absolute atomic E-state index is 0.172. The molecule has 0 bridgehead atoms. The Labute approximate surface area is 86.2 Å². The van der Waals surface area contributed by atoms with Gasteiger partial charge >= 0.3 is 5.97 Å². The van der Waals surface area contributed by atoms with Gasteiger partial charge in [-0.2, -0.15) is 0 Å². The van der Waals surface area contributed by atoms with Crippen LogP contribution in [-0.4, -0.2) is 43.8 Å². The predicted molar refractivity (Wildman–Crippen MR) is 47.2 cm³/mol. The van der Waals surface area contributed by atoms with Crippen LogP contribution in [0.15, 0.2) is 0 Å². The van der Waals surface area contributed by atoms with Crippen molar-refractivity contribution in [1.29, 1.82) is 0 Å². The van der Waals surface area contributed by atoms with Crippen LogP contribution in [0.25, 0.3) is 0 Å². The summed E-state index contributed by atoms with van der Waals surface area (Å²) in [6.45, 7) is 0.344. The summed E-state index contributed by atoms with van der Waals surface area (Å²) in [5.41, 5.74) is 0. The Morgan fingerprint density at radius 3 is 2.27 bits per heavy atom. The minimum Gasteiger partial charge on any atom is -0.469 e. The van der Waals surface area contributed by atoms with Gasteiger partial charge in [-0.1, -0.05) is 0 Å². The fourth-order valence-corrected chi connectivity index (χ4v) is 1.71. The first kappa shape index (κ1) is 12.3. The van der Waals surface area contributed by atoms with Gasteiger partial charge in [-0.15, -0.1) is 0 Å². The number of hydrogen-bond acceptors (Lipinski definition) is 3. The summed E-state index contributed by atoms with van der Waals surface area (Å²) in [5.74, 6) is -0.627. The van der Waals surface area contributed by atoms with Gasteiger partial charge in [0.1, 0.15) is 0 Å². The van der Waals surface area contributed by atoms with Gasteiger partial charge in [-0.25, -0.2) is 13.2 Å². The number of methoxy groups -OCH3 is 1. The highest BCUT2D eigenvalue weighted by atomic mass is 19.3. The lowest BCUT2D eigenvalue weighted by molar-refractivity contribution is -0.148. The largest absolute Gasteiger partial charge is 0.469 e. The second-order valence-electron chi connectivity index (χ2n) is 3.54. The third-order valence-corrected chi connectivity index (χ3v) is 2.62. The first-order valence-electron chi connectivity index (χ1n) is 4.80. The van der Waals surface area contributed by atoms with Crippen molar-refractivity contribution in [3.05, 3.63) is 0 Å². The van der Waals surface area contributed by atoms with E-state index in [1.54, 1.807) is 0 Å². The molecule has 0 spiro atoms. The van der Waals surface area contributed by atoms with Gasteiger partial charge in [-0.3, -0.25) is 9.69 Å². The Kier molecular flexibility index (Phi) is 4.38. The van der Waals surface area contributed by atoms with Crippen LogP contribution in [0, 0.1) is 5.92 Å². The van der Waals surface area contributed by atoms with Gasteiger partial charge in [0, 0.05) is 13.1 Å². The normalized spacial score (nSPS) is 21.7. The first-order valence-corrected chi connectivity index (χ1v) is 4.80. The van der Waals surface area contributed by atoms with Crippen LogP contribution < -0.4 is 0 Å². The van der Waals surface area contributed by atoms with Gasteiger partial charge in [0.15, 0.2) is 0 Å². The summed E-state index contributed by atoms with van der Waals surface area (Å²) in [7, 11) is 1.28. The lowest BCUT2D eigenvalue weighted by atomic mass is 9.97. The molecule has 1 aliphatic rings. The van der Waals surface area contributed by atoms with Crippen molar-refractivity contribution in [3.8, 4) is 0 Å².